The largest absolute Gasteiger partial charge is 0.288 e. The molecule has 1 rings (SSSR count). The van der Waals surface area contributed by atoms with Gasteiger partial charge in [-0.2, -0.15) is 0 Å². The van der Waals surface area contributed by atoms with Crippen LogP contribution >= 0.6 is 0 Å². The topological polar surface area (TPSA) is 12.4 Å². The van der Waals surface area contributed by atoms with Gasteiger partial charge in [0.2, 0.25) is 0 Å². The highest BCUT2D eigenvalue weighted by Gasteiger charge is 2.10. The van der Waals surface area contributed by atoms with Crippen molar-refractivity contribution < 1.29 is 0 Å². The summed E-state index contributed by atoms with van der Waals surface area (Å²) in [4.78, 5) is 4.24. The molecule has 0 aliphatic carbocycles. The van der Waals surface area contributed by atoms with Crippen LogP contribution < -0.4 is 0 Å². The third-order valence-electron chi connectivity index (χ3n) is 1.97. The molecule has 1 nitrogen and oxygen atoms in total. The summed E-state index contributed by atoms with van der Waals surface area (Å²) in [5.74, 6) is 0.654. The van der Waals surface area contributed by atoms with Crippen molar-refractivity contribution in [2.24, 2.45) is 10.9 Å². The Bertz CT molecular complexity index is 175. The summed E-state index contributed by atoms with van der Waals surface area (Å²) in [6, 6.07) is 0. The molecular formula is C9H15N. The Labute approximate surface area is 62.9 Å². The summed E-state index contributed by atoms with van der Waals surface area (Å²) in [5.41, 5.74) is 2.98. The molecule has 0 aromatic rings. The molecule has 0 aromatic carbocycles. The second kappa shape index (κ2) is 3.00. The molecule has 56 valence electrons. The summed E-state index contributed by atoms with van der Waals surface area (Å²) in [5, 5.41) is 0. The predicted molar refractivity (Wildman–Crippen MR) is 45.5 cm³/mol. The number of hydrogen-bond donors (Lipinski definition) is 0. The molecule has 10 heavy (non-hydrogen) atoms. The normalized spacial score (nSPS) is 17.6. The first kappa shape index (κ1) is 7.52. The van der Waals surface area contributed by atoms with Crippen LogP contribution in [0.3, 0.4) is 0 Å². The number of rotatable bonds is 2. The zero-order chi connectivity index (χ0) is 7.56. The SMILES string of the molecule is CCC1=C(C(C)C)C=NC1. The fourth-order valence-electron chi connectivity index (χ4n) is 1.31. The van der Waals surface area contributed by atoms with Gasteiger partial charge in [-0.3, -0.25) is 4.99 Å². The van der Waals surface area contributed by atoms with Gasteiger partial charge in [0, 0.05) is 6.21 Å². The molecule has 1 aliphatic heterocycles. The van der Waals surface area contributed by atoms with E-state index in [9.17, 15) is 0 Å². The van der Waals surface area contributed by atoms with Crippen LogP contribution in [0.15, 0.2) is 16.1 Å². The van der Waals surface area contributed by atoms with E-state index >= 15 is 0 Å². The van der Waals surface area contributed by atoms with Crippen molar-refractivity contribution in [1.82, 2.24) is 0 Å². The van der Waals surface area contributed by atoms with Gasteiger partial charge in [-0.15, -0.1) is 0 Å². The smallest absolute Gasteiger partial charge is 0.0605 e. The van der Waals surface area contributed by atoms with Crippen LogP contribution in [0.5, 0.6) is 0 Å². The second-order valence-corrected chi connectivity index (χ2v) is 3.04. The van der Waals surface area contributed by atoms with E-state index in [0.717, 1.165) is 13.0 Å². The Kier molecular flexibility index (Phi) is 2.25. The fraction of sp³-hybridized carbons (Fsp3) is 0.667. The molecule has 0 atom stereocenters. The molecule has 0 unspecified atom stereocenters. The van der Waals surface area contributed by atoms with E-state index in [4.69, 9.17) is 0 Å². The number of nitrogens with zero attached hydrogens (tertiary/aromatic N) is 1. The van der Waals surface area contributed by atoms with Crippen molar-refractivity contribution in [3.8, 4) is 0 Å². The zero-order valence-corrected chi connectivity index (χ0v) is 7.02. The maximum atomic E-state index is 4.24. The van der Waals surface area contributed by atoms with E-state index in [2.05, 4.69) is 25.8 Å². The van der Waals surface area contributed by atoms with Crippen LogP contribution in [0.1, 0.15) is 27.2 Å². The standard InChI is InChI=1S/C9H15N/c1-4-8-5-10-6-9(8)7(2)3/h6-7H,4-5H2,1-3H3. The Morgan fingerprint density at radius 3 is 2.70 bits per heavy atom. The Morgan fingerprint density at radius 2 is 2.30 bits per heavy atom. The molecule has 0 radical (unpaired) electrons. The molecule has 0 amide bonds. The van der Waals surface area contributed by atoms with Crippen molar-refractivity contribution in [1.29, 1.82) is 0 Å². The predicted octanol–water partition coefficient (Wildman–Crippen LogP) is 2.43. The van der Waals surface area contributed by atoms with Crippen LogP contribution in [0.25, 0.3) is 0 Å². The van der Waals surface area contributed by atoms with Crippen molar-refractivity contribution in [2.45, 2.75) is 27.2 Å². The van der Waals surface area contributed by atoms with Gasteiger partial charge in [0.25, 0.3) is 0 Å². The molecule has 1 heteroatoms. The van der Waals surface area contributed by atoms with Crippen LogP contribution in [0.2, 0.25) is 0 Å². The first-order chi connectivity index (χ1) is 4.75. The highest BCUT2D eigenvalue weighted by molar-refractivity contribution is 5.83. The molecule has 0 aromatic heterocycles. The van der Waals surface area contributed by atoms with E-state index < -0.39 is 0 Å². The van der Waals surface area contributed by atoms with Crippen molar-refractivity contribution in [3.63, 3.8) is 0 Å². The van der Waals surface area contributed by atoms with Gasteiger partial charge in [0.15, 0.2) is 0 Å². The van der Waals surface area contributed by atoms with Gasteiger partial charge in [-0.05, 0) is 23.5 Å². The van der Waals surface area contributed by atoms with E-state index in [0.29, 0.717) is 5.92 Å². The molecule has 0 saturated heterocycles. The molecule has 0 bridgehead atoms. The molecule has 0 saturated carbocycles. The molecule has 0 N–H and O–H groups in total. The van der Waals surface area contributed by atoms with E-state index in [1.807, 2.05) is 6.21 Å². The van der Waals surface area contributed by atoms with E-state index in [1.165, 1.54) is 11.1 Å². The lowest BCUT2D eigenvalue weighted by atomic mass is 9.99. The number of hydrogen-bond acceptors (Lipinski definition) is 1. The lowest BCUT2D eigenvalue weighted by Gasteiger charge is -2.05. The van der Waals surface area contributed by atoms with Crippen LogP contribution in [0, 0.1) is 5.92 Å². The van der Waals surface area contributed by atoms with Crippen LogP contribution in [-0.4, -0.2) is 12.8 Å². The Balaban J connectivity index is 2.76. The monoisotopic (exact) mass is 137 g/mol. The maximum Gasteiger partial charge on any atom is 0.0605 e. The summed E-state index contributed by atoms with van der Waals surface area (Å²) in [7, 11) is 0. The minimum atomic E-state index is 0.654. The van der Waals surface area contributed by atoms with Crippen LogP contribution in [-0.2, 0) is 0 Å². The Hall–Kier alpha value is -0.590. The average molecular weight is 137 g/mol. The first-order valence-electron chi connectivity index (χ1n) is 3.97. The Morgan fingerprint density at radius 1 is 1.60 bits per heavy atom. The van der Waals surface area contributed by atoms with Crippen LogP contribution in [0.4, 0.5) is 0 Å². The van der Waals surface area contributed by atoms with E-state index in [-0.39, 0.29) is 0 Å². The third kappa shape index (κ3) is 1.28. The second-order valence-electron chi connectivity index (χ2n) is 3.04. The molecule has 0 spiro atoms. The van der Waals surface area contributed by atoms with Crippen molar-refractivity contribution in [3.05, 3.63) is 11.1 Å². The minimum absolute atomic E-state index is 0.654. The highest BCUT2D eigenvalue weighted by Crippen LogP contribution is 2.19. The lowest BCUT2D eigenvalue weighted by Crippen LogP contribution is -1.96. The van der Waals surface area contributed by atoms with Gasteiger partial charge in [-0.25, -0.2) is 0 Å². The number of allylic oxidation sites excluding steroid dienone is 1. The quantitative estimate of drug-likeness (QED) is 0.554. The van der Waals surface area contributed by atoms with Gasteiger partial charge >= 0.3 is 0 Å². The van der Waals surface area contributed by atoms with Crippen molar-refractivity contribution >= 4 is 6.21 Å². The van der Waals surface area contributed by atoms with Gasteiger partial charge in [0.05, 0.1) is 6.54 Å². The van der Waals surface area contributed by atoms with E-state index in [1.54, 1.807) is 0 Å². The van der Waals surface area contributed by atoms with Gasteiger partial charge < -0.3 is 0 Å². The van der Waals surface area contributed by atoms with Gasteiger partial charge in [-0.1, -0.05) is 20.8 Å². The average Bonchev–Trinajstić information content (AvgIpc) is 2.33. The molecule has 1 heterocycles. The summed E-state index contributed by atoms with van der Waals surface area (Å²) in [6.45, 7) is 7.60. The summed E-state index contributed by atoms with van der Waals surface area (Å²) < 4.78 is 0. The highest BCUT2D eigenvalue weighted by atomic mass is 14.7. The lowest BCUT2D eigenvalue weighted by molar-refractivity contribution is 0.790. The summed E-state index contributed by atoms with van der Waals surface area (Å²) in [6.07, 6.45) is 3.19. The third-order valence-corrected chi connectivity index (χ3v) is 1.97. The molecule has 1 aliphatic rings. The molecule has 0 fully saturated rings. The summed E-state index contributed by atoms with van der Waals surface area (Å²) >= 11 is 0. The van der Waals surface area contributed by atoms with Gasteiger partial charge in [0.1, 0.15) is 0 Å². The molecular weight excluding hydrogens is 122 g/mol. The van der Waals surface area contributed by atoms with Crippen molar-refractivity contribution in [2.75, 3.05) is 6.54 Å². The number of aliphatic imine (C=N–C) groups is 1. The minimum Gasteiger partial charge on any atom is -0.288 e. The zero-order valence-electron chi connectivity index (χ0n) is 7.02. The first-order valence-corrected chi connectivity index (χ1v) is 3.97. The maximum absolute atomic E-state index is 4.24. The fourth-order valence-corrected chi connectivity index (χ4v) is 1.31.